The Kier molecular flexibility index (Phi) is 2.86. The fourth-order valence-electron chi connectivity index (χ4n) is 2.25. The standard InChI is InChI=1S/C11H17N3O/c1-8-11(7-15)9(2)14(13-8)10-3-5-12-6-4-10/h7,10,12H,3-6H2,1-2H3. The highest BCUT2D eigenvalue weighted by molar-refractivity contribution is 5.78. The zero-order chi connectivity index (χ0) is 10.8. The molecule has 1 N–H and O–H groups in total. The van der Waals surface area contributed by atoms with Crippen LogP contribution in [0.2, 0.25) is 0 Å². The number of rotatable bonds is 2. The average Bonchev–Trinajstić information content (AvgIpc) is 2.55. The van der Waals surface area contributed by atoms with E-state index in [1.165, 1.54) is 0 Å². The summed E-state index contributed by atoms with van der Waals surface area (Å²) in [5.41, 5.74) is 2.61. The number of aryl methyl sites for hydroxylation is 1. The van der Waals surface area contributed by atoms with Crippen molar-refractivity contribution >= 4 is 6.29 Å². The predicted octanol–water partition coefficient (Wildman–Crippen LogP) is 1.24. The van der Waals surface area contributed by atoms with Crippen molar-refractivity contribution < 1.29 is 4.79 Å². The Morgan fingerprint density at radius 1 is 1.40 bits per heavy atom. The maximum atomic E-state index is 10.9. The summed E-state index contributed by atoms with van der Waals surface area (Å²) >= 11 is 0. The molecule has 82 valence electrons. The van der Waals surface area contributed by atoms with Gasteiger partial charge < -0.3 is 5.32 Å². The van der Waals surface area contributed by atoms with E-state index in [0.29, 0.717) is 6.04 Å². The Morgan fingerprint density at radius 2 is 2.07 bits per heavy atom. The minimum Gasteiger partial charge on any atom is -0.317 e. The van der Waals surface area contributed by atoms with Crippen molar-refractivity contribution in [3.05, 3.63) is 17.0 Å². The largest absolute Gasteiger partial charge is 0.317 e. The van der Waals surface area contributed by atoms with Gasteiger partial charge in [0.2, 0.25) is 0 Å². The fraction of sp³-hybridized carbons (Fsp3) is 0.636. The lowest BCUT2D eigenvalue weighted by Crippen LogP contribution is -2.30. The maximum Gasteiger partial charge on any atom is 0.153 e. The van der Waals surface area contributed by atoms with Crippen molar-refractivity contribution in [3.8, 4) is 0 Å². The number of aromatic nitrogens is 2. The molecule has 0 radical (unpaired) electrons. The van der Waals surface area contributed by atoms with Crippen molar-refractivity contribution in [1.82, 2.24) is 15.1 Å². The smallest absolute Gasteiger partial charge is 0.153 e. The van der Waals surface area contributed by atoms with Gasteiger partial charge in [-0.15, -0.1) is 0 Å². The van der Waals surface area contributed by atoms with Crippen LogP contribution in [0.4, 0.5) is 0 Å². The van der Waals surface area contributed by atoms with Gasteiger partial charge in [0, 0.05) is 5.69 Å². The molecule has 15 heavy (non-hydrogen) atoms. The summed E-state index contributed by atoms with van der Waals surface area (Å²) in [6, 6.07) is 0.457. The van der Waals surface area contributed by atoms with E-state index in [4.69, 9.17) is 0 Å². The van der Waals surface area contributed by atoms with E-state index in [2.05, 4.69) is 10.4 Å². The molecule has 0 aliphatic carbocycles. The van der Waals surface area contributed by atoms with Gasteiger partial charge in [-0.1, -0.05) is 0 Å². The number of carbonyl (C=O) groups is 1. The van der Waals surface area contributed by atoms with Crippen LogP contribution in [0.3, 0.4) is 0 Å². The highest BCUT2D eigenvalue weighted by Gasteiger charge is 2.20. The van der Waals surface area contributed by atoms with Crippen LogP contribution in [0.25, 0.3) is 0 Å². The Bertz CT molecular complexity index is 364. The molecule has 1 aliphatic heterocycles. The van der Waals surface area contributed by atoms with Crippen molar-refractivity contribution in [2.45, 2.75) is 32.7 Å². The number of piperidine rings is 1. The molecule has 2 heterocycles. The van der Waals surface area contributed by atoms with E-state index in [1.807, 2.05) is 18.5 Å². The normalized spacial score (nSPS) is 18.0. The Balaban J connectivity index is 2.31. The molecule has 0 bridgehead atoms. The predicted molar refractivity (Wildman–Crippen MR) is 58.2 cm³/mol. The monoisotopic (exact) mass is 207 g/mol. The third-order valence-electron chi connectivity index (χ3n) is 3.15. The lowest BCUT2D eigenvalue weighted by molar-refractivity contribution is 0.112. The zero-order valence-electron chi connectivity index (χ0n) is 9.29. The van der Waals surface area contributed by atoms with Crippen molar-refractivity contribution in [1.29, 1.82) is 0 Å². The lowest BCUT2D eigenvalue weighted by Gasteiger charge is -2.24. The summed E-state index contributed by atoms with van der Waals surface area (Å²) in [4.78, 5) is 10.9. The molecule has 4 nitrogen and oxygen atoms in total. The Morgan fingerprint density at radius 3 is 2.60 bits per heavy atom. The van der Waals surface area contributed by atoms with E-state index in [0.717, 1.165) is 49.2 Å². The summed E-state index contributed by atoms with van der Waals surface area (Å²) in [6.07, 6.45) is 3.11. The second-order valence-electron chi connectivity index (χ2n) is 4.13. The van der Waals surface area contributed by atoms with Crippen LogP contribution < -0.4 is 5.32 Å². The first-order valence-electron chi connectivity index (χ1n) is 5.45. The van der Waals surface area contributed by atoms with Crippen molar-refractivity contribution in [2.24, 2.45) is 0 Å². The molecule has 0 amide bonds. The number of nitrogens with one attached hydrogen (secondary N) is 1. The first-order valence-corrected chi connectivity index (χ1v) is 5.45. The highest BCUT2D eigenvalue weighted by atomic mass is 16.1. The number of hydrogen-bond acceptors (Lipinski definition) is 3. The van der Waals surface area contributed by atoms with E-state index in [-0.39, 0.29) is 0 Å². The number of aldehydes is 1. The molecule has 1 aromatic rings. The van der Waals surface area contributed by atoms with Gasteiger partial charge in [-0.3, -0.25) is 9.48 Å². The molecule has 0 unspecified atom stereocenters. The molecule has 1 aliphatic rings. The van der Waals surface area contributed by atoms with Crippen LogP contribution in [-0.4, -0.2) is 29.2 Å². The van der Waals surface area contributed by atoms with Gasteiger partial charge in [-0.05, 0) is 39.8 Å². The van der Waals surface area contributed by atoms with Crippen LogP contribution in [0.5, 0.6) is 0 Å². The van der Waals surface area contributed by atoms with Crippen LogP contribution in [0.1, 0.15) is 40.6 Å². The SMILES string of the molecule is Cc1nn(C2CCNCC2)c(C)c1C=O. The first kappa shape index (κ1) is 10.4. The van der Waals surface area contributed by atoms with Crippen LogP contribution >= 0.6 is 0 Å². The van der Waals surface area contributed by atoms with Gasteiger partial charge in [0.15, 0.2) is 6.29 Å². The number of hydrogen-bond donors (Lipinski definition) is 1. The summed E-state index contributed by atoms with van der Waals surface area (Å²) in [7, 11) is 0. The quantitative estimate of drug-likeness (QED) is 0.742. The van der Waals surface area contributed by atoms with Gasteiger partial charge in [-0.2, -0.15) is 5.10 Å². The third-order valence-corrected chi connectivity index (χ3v) is 3.15. The fourth-order valence-corrected chi connectivity index (χ4v) is 2.25. The second kappa shape index (κ2) is 4.14. The van der Waals surface area contributed by atoms with Gasteiger partial charge in [0.05, 0.1) is 17.3 Å². The lowest BCUT2D eigenvalue weighted by atomic mass is 10.1. The van der Waals surface area contributed by atoms with Crippen LogP contribution in [0.15, 0.2) is 0 Å². The van der Waals surface area contributed by atoms with Gasteiger partial charge in [0.25, 0.3) is 0 Å². The van der Waals surface area contributed by atoms with E-state index < -0.39 is 0 Å². The molecular weight excluding hydrogens is 190 g/mol. The van der Waals surface area contributed by atoms with E-state index in [9.17, 15) is 4.79 Å². The summed E-state index contributed by atoms with van der Waals surface area (Å²) in [5, 5.41) is 7.79. The molecule has 0 aromatic carbocycles. The van der Waals surface area contributed by atoms with Crippen molar-refractivity contribution in [3.63, 3.8) is 0 Å². The number of carbonyl (C=O) groups excluding carboxylic acids is 1. The number of nitrogens with zero attached hydrogens (tertiary/aromatic N) is 2. The summed E-state index contributed by atoms with van der Waals surface area (Å²) in [6.45, 7) is 5.96. The molecule has 1 aromatic heterocycles. The van der Waals surface area contributed by atoms with Crippen LogP contribution in [0, 0.1) is 13.8 Å². The average molecular weight is 207 g/mol. The maximum absolute atomic E-state index is 10.9. The van der Waals surface area contributed by atoms with Gasteiger partial charge >= 0.3 is 0 Å². The topological polar surface area (TPSA) is 46.9 Å². The summed E-state index contributed by atoms with van der Waals surface area (Å²) < 4.78 is 2.03. The summed E-state index contributed by atoms with van der Waals surface area (Å²) in [5.74, 6) is 0. The third kappa shape index (κ3) is 1.81. The second-order valence-corrected chi connectivity index (χ2v) is 4.13. The van der Waals surface area contributed by atoms with E-state index in [1.54, 1.807) is 0 Å². The Labute approximate surface area is 89.7 Å². The zero-order valence-corrected chi connectivity index (χ0v) is 9.29. The Hall–Kier alpha value is -1.16. The van der Waals surface area contributed by atoms with E-state index >= 15 is 0 Å². The molecule has 0 saturated carbocycles. The highest BCUT2D eigenvalue weighted by Crippen LogP contribution is 2.22. The molecule has 4 heteroatoms. The van der Waals surface area contributed by atoms with Crippen molar-refractivity contribution in [2.75, 3.05) is 13.1 Å². The molecule has 2 rings (SSSR count). The minimum atomic E-state index is 0.457. The minimum absolute atomic E-state index is 0.457. The molecular formula is C11H17N3O. The molecule has 0 spiro atoms. The first-order chi connectivity index (χ1) is 7.24. The van der Waals surface area contributed by atoms with Crippen LogP contribution in [-0.2, 0) is 0 Å². The van der Waals surface area contributed by atoms with Gasteiger partial charge in [0.1, 0.15) is 0 Å². The molecule has 1 fully saturated rings. The molecule has 0 atom stereocenters. The molecule has 1 saturated heterocycles. The van der Waals surface area contributed by atoms with Gasteiger partial charge in [-0.25, -0.2) is 0 Å².